The summed E-state index contributed by atoms with van der Waals surface area (Å²) < 4.78 is 5.95. The van der Waals surface area contributed by atoms with Crippen molar-refractivity contribution in [3.8, 4) is 22.6 Å². The standard InChI is InChI=1S/C28H30N2O3.ClH/c1-20-5-9-23(10-6-20)26-17-21(7-11-27(26)31)8-12-28(32)30-24-3-2-4-25(18-24)33-19-22-13-15-29-16-14-22;/h2-12,17-18,22,29,31H,13-16,19H2,1H3,(H,30,32);1H/b12-8+;. The summed E-state index contributed by atoms with van der Waals surface area (Å²) in [5.41, 5.74) is 4.35. The van der Waals surface area contributed by atoms with Gasteiger partial charge in [0, 0.05) is 23.4 Å². The SMILES string of the molecule is Cc1ccc(-c2cc(/C=C/C(=O)Nc3cccc(OCC4CCNCC4)c3)ccc2O)cc1.Cl. The number of hydrogen-bond acceptors (Lipinski definition) is 4. The third kappa shape index (κ3) is 7.11. The summed E-state index contributed by atoms with van der Waals surface area (Å²) >= 11 is 0. The highest BCUT2D eigenvalue weighted by molar-refractivity contribution is 6.02. The van der Waals surface area contributed by atoms with Crippen LogP contribution < -0.4 is 15.4 Å². The normalized spacial score (nSPS) is 13.9. The molecule has 0 bridgehead atoms. The van der Waals surface area contributed by atoms with Gasteiger partial charge in [-0.1, -0.05) is 42.0 Å². The molecule has 178 valence electrons. The summed E-state index contributed by atoms with van der Waals surface area (Å²) in [6.07, 6.45) is 5.49. The van der Waals surface area contributed by atoms with E-state index in [0.717, 1.165) is 53.9 Å². The highest BCUT2D eigenvalue weighted by Gasteiger charge is 2.13. The lowest BCUT2D eigenvalue weighted by molar-refractivity contribution is -0.111. The first kappa shape index (κ1) is 25.3. The lowest BCUT2D eigenvalue weighted by atomic mass is 9.99. The summed E-state index contributed by atoms with van der Waals surface area (Å²) in [4.78, 5) is 12.5. The van der Waals surface area contributed by atoms with Crippen molar-refractivity contribution >= 4 is 30.1 Å². The quantitative estimate of drug-likeness (QED) is 0.374. The van der Waals surface area contributed by atoms with E-state index in [0.29, 0.717) is 18.2 Å². The van der Waals surface area contributed by atoms with Crippen LogP contribution in [0.4, 0.5) is 5.69 Å². The van der Waals surface area contributed by atoms with Gasteiger partial charge in [0.1, 0.15) is 11.5 Å². The number of carbonyl (C=O) groups is 1. The number of halogens is 1. The van der Waals surface area contributed by atoms with E-state index in [1.54, 1.807) is 18.2 Å². The largest absolute Gasteiger partial charge is 0.507 e. The average molecular weight is 479 g/mol. The van der Waals surface area contributed by atoms with Crippen LogP contribution >= 0.6 is 12.4 Å². The minimum atomic E-state index is -0.226. The van der Waals surface area contributed by atoms with Crippen molar-refractivity contribution < 1.29 is 14.6 Å². The first-order valence-corrected chi connectivity index (χ1v) is 11.4. The van der Waals surface area contributed by atoms with Gasteiger partial charge < -0.3 is 20.5 Å². The van der Waals surface area contributed by atoms with Crippen LogP contribution in [0.1, 0.15) is 24.0 Å². The molecule has 5 nitrogen and oxygen atoms in total. The average Bonchev–Trinajstić information content (AvgIpc) is 2.84. The van der Waals surface area contributed by atoms with E-state index in [1.165, 1.54) is 6.08 Å². The molecular formula is C28H31ClN2O3. The maximum absolute atomic E-state index is 12.5. The maximum Gasteiger partial charge on any atom is 0.248 e. The van der Waals surface area contributed by atoms with Crippen LogP contribution in [0.5, 0.6) is 11.5 Å². The Morgan fingerprint density at radius 3 is 2.62 bits per heavy atom. The van der Waals surface area contributed by atoms with Crippen molar-refractivity contribution in [2.45, 2.75) is 19.8 Å². The van der Waals surface area contributed by atoms with Gasteiger partial charge in [-0.05, 0) is 80.2 Å². The molecule has 0 unspecified atom stereocenters. The number of nitrogens with one attached hydrogen (secondary N) is 2. The second kappa shape index (κ2) is 12.3. The number of hydrogen-bond donors (Lipinski definition) is 3. The summed E-state index contributed by atoms with van der Waals surface area (Å²) in [6, 6.07) is 20.8. The van der Waals surface area contributed by atoms with Gasteiger partial charge >= 0.3 is 0 Å². The molecular weight excluding hydrogens is 448 g/mol. The zero-order chi connectivity index (χ0) is 23.0. The Hall–Kier alpha value is -3.28. The molecule has 6 heteroatoms. The van der Waals surface area contributed by atoms with E-state index in [1.807, 2.05) is 61.5 Å². The molecule has 3 N–H and O–H groups in total. The van der Waals surface area contributed by atoms with Crippen LogP contribution in [0.2, 0.25) is 0 Å². The topological polar surface area (TPSA) is 70.6 Å². The van der Waals surface area contributed by atoms with Crippen LogP contribution in [0, 0.1) is 12.8 Å². The zero-order valence-corrected chi connectivity index (χ0v) is 20.1. The predicted octanol–water partition coefficient (Wildman–Crippen LogP) is 5.82. The maximum atomic E-state index is 12.5. The number of anilines is 1. The van der Waals surface area contributed by atoms with Crippen molar-refractivity contribution in [3.63, 3.8) is 0 Å². The van der Waals surface area contributed by atoms with Crippen LogP contribution in [0.3, 0.4) is 0 Å². The Bertz CT molecular complexity index is 1120. The van der Waals surface area contributed by atoms with Crippen molar-refractivity contribution in [3.05, 3.63) is 83.9 Å². The van der Waals surface area contributed by atoms with Crippen molar-refractivity contribution in [2.75, 3.05) is 25.0 Å². The number of ether oxygens (including phenoxy) is 1. The molecule has 0 spiro atoms. The minimum Gasteiger partial charge on any atom is -0.507 e. The Morgan fingerprint density at radius 2 is 1.85 bits per heavy atom. The fraction of sp³-hybridized carbons (Fsp3) is 0.250. The van der Waals surface area contributed by atoms with Crippen LogP contribution in [-0.4, -0.2) is 30.7 Å². The van der Waals surface area contributed by atoms with Crippen molar-refractivity contribution in [2.24, 2.45) is 5.92 Å². The fourth-order valence-corrected chi connectivity index (χ4v) is 3.90. The molecule has 1 amide bonds. The molecule has 1 heterocycles. The molecule has 1 aliphatic rings. The molecule has 0 aromatic heterocycles. The zero-order valence-electron chi connectivity index (χ0n) is 19.3. The van der Waals surface area contributed by atoms with Crippen LogP contribution in [0.25, 0.3) is 17.2 Å². The number of piperidine rings is 1. The Labute approximate surface area is 207 Å². The Balaban J connectivity index is 0.00000324. The Kier molecular flexibility index (Phi) is 9.14. The van der Waals surface area contributed by atoms with Crippen molar-refractivity contribution in [1.29, 1.82) is 0 Å². The molecule has 0 radical (unpaired) electrons. The third-order valence-corrected chi connectivity index (χ3v) is 5.86. The van der Waals surface area contributed by atoms with E-state index in [-0.39, 0.29) is 24.1 Å². The first-order valence-electron chi connectivity index (χ1n) is 11.4. The third-order valence-electron chi connectivity index (χ3n) is 5.86. The van der Waals surface area contributed by atoms with Gasteiger partial charge in [0.25, 0.3) is 0 Å². The Morgan fingerprint density at radius 1 is 1.09 bits per heavy atom. The molecule has 3 aromatic rings. The van der Waals surface area contributed by atoms with Gasteiger partial charge in [-0.2, -0.15) is 0 Å². The smallest absolute Gasteiger partial charge is 0.248 e. The van der Waals surface area contributed by atoms with E-state index >= 15 is 0 Å². The van der Waals surface area contributed by atoms with Crippen molar-refractivity contribution in [1.82, 2.24) is 5.32 Å². The van der Waals surface area contributed by atoms with E-state index in [9.17, 15) is 9.90 Å². The van der Waals surface area contributed by atoms with Gasteiger partial charge in [-0.3, -0.25) is 4.79 Å². The van der Waals surface area contributed by atoms with Gasteiger partial charge in [0.2, 0.25) is 5.91 Å². The number of aromatic hydroxyl groups is 1. The molecule has 34 heavy (non-hydrogen) atoms. The monoisotopic (exact) mass is 478 g/mol. The van der Waals surface area contributed by atoms with Gasteiger partial charge in [-0.15, -0.1) is 12.4 Å². The van der Waals surface area contributed by atoms with E-state index < -0.39 is 0 Å². The van der Waals surface area contributed by atoms with E-state index in [4.69, 9.17) is 4.74 Å². The summed E-state index contributed by atoms with van der Waals surface area (Å²) in [5, 5.41) is 16.5. The summed E-state index contributed by atoms with van der Waals surface area (Å²) in [7, 11) is 0. The molecule has 4 rings (SSSR count). The number of phenols is 1. The lowest BCUT2D eigenvalue weighted by Gasteiger charge is -2.22. The number of amides is 1. The van der Waals surface area contributed by atoms with Gasteiger partial charge in [0.05, 0.1) is 6.61 Å². The summed E-state index contributed by atoms with van der Waals surface area (Å²) in [6.45, 7) is 4.81. The number of phenolic OH excluding ortho intramolecular Hbond substituents is 1. The second-order valence-electron chi connectivity index (χ2n) is 8.50. The highest BCUT2D eigenvalue weighted by atomic mass is 35.5. The second-order valence-corrected chi connectivity index (χ2v) is 8.50. The molecule has 0 saturated carbocycles. The lowest BCUT2D eigenvalue weighted by Crippen LogP contribution is -2.30. The number of carbonyl (C=O) groups excluding carboxylic acids is 1. The minimum absolute atomic E-state index is 0. The molecule has 1 aliphatic heterocycles. The molecule has 1 fully saturated rings. The number of rotatable bonds is 7. The fourth-order valence-electron chi connectivity index (χ4n) is 3.90. The molecule has 1 saturated heterocycles. The predicted molar refractivity (Wildman–Crippen MR) is 141 cm³/mol. The van der Waals surface area contributed by atoms with Crippen LogP contribution in [0.15, 0.2) is 72.8 Å². The first-order chi connectivity index (χ1) is 16.1. The molecule has 3 aromatic carbocycles. The summed E-state index contributed by atoms with van der Waals surface area (Å²) in [5.74, 6) is 1.32. The highest BCUT2D eigenvalue weighted by Crippen LogP contribution is 2.30. The number of benzene rings is 3. The van der Waals surface area contributed by atoms with Crippen LogP contribution in [-0.2, 0) is 4.79 Å². The van der Waals surface area contributed by atoms with E-state index in [2.05, 4.69) is 10.6 Å². The molecule has 0 aliphatic carbocycles. The molecule has 0 atom stereocenters. The van der Waals surface area contributed by atoms with Gasteiger partial charge in [0.15, 0.2) is 0 Å². The van der Waals surface area contributed by atoms with Gasteiger partial charge in [-0.25, -0.2) is 0 Å². The number of aryl methyl sites for hydroxylation is 1.